The molecule has 1 unspecified atom stereocenters. The van der Waals surface area contributed by atoms with E-state index in [4.69, 9.17) is 9.73 Å². The second-order valence-corrected chi connectivity index (χ2v) is 10.5. The Morgan fingerprint density at radius 1 is 0.974 bits per heavy atom. The van der Waals surface area contributed by atoms with Crippen molar-refractivity contribution >= 4 is 44.9 Å². The fourth-order valence-corrected chi connectivity index (χ4v) is 6.22. The molecule has 0 saturated heterocycles. The smallest absolute Gasteiger partial charge is 0.338 e. The van der Waals surface area contributed by atoms with E-state index in [9.17, 15) is 9.59 Å². The Kier molecular flexibility index (Phi) is 6.04. The highest BCUT2D eigenvalue weighted by atomic mass is 32.1. The molecule has 5 aromatic rings. The molecule has 0 radical (unpaired) electrons. The van der Waals surface area contributed by atoms with Crippen molar-refractivity contribution in [3.63, 3.8) is 0 Å². The van der Waals surface area contributed by atoms with Gasteiger partial charge in [0.25, 0.3) is 5.56 Å². The van der Waals surface area contributed by atoms with Crippen LogP contribution in [0.3, 0.4) is 0 Å². The van der Waals surface area contributed by atoms with E-state index in [1.165, 1.54) is 11.3 Å². The molecule has 38 heavy (non-hydrogen) atoms. The highest BCUT2D eigenvalue weighted by molar-refractivity contribution is 7.07. The van der Waals surface area contributed by atoms with Gasteiger partial charge in [0.2, 0.25) is 0 Å². The number of carbonyl (C=O) groups is 1. The van der Waals surface area contributed by atoms with E-state index in [0.717, 1.165) is 38.2 Å². The monoisotopic (exact) mass is 518 g/mol. The average Bonchev–Trinajstić information content (AvgIpc) is 3.22. The Bertz CT molecular complexity index is 1890. The van der Waals surface area contributed by atoms with E-state index in [1.807, 2.05) is 68.5 Å². The van der Waals surface area contributed by atoms with Crippen molar-refractivity contribution in [2.45, 2.75) is 26.8 Å². The number of aryl methyl sites for hydroxylation is 1. The molecule has 0 N–H and O–H groups in total. The van der Waals surface area contributed by atoms with Gasteiger partial charge in [-0.05, 0) is 65.6 Å². The van der Waals surface area contributed by atoms with Crippen LogP contribution in [0.4, 0.5) is 0 Å². The molecule has 2 heterocycles. The highest BCUT2D eigenvalue weighted by Gasteiger charge is 2.33. The molecule has 1 aliphatic heterocycles. The number of benzene rings is 4. The lowest BCUT2D eigenvalue weighted by Gasteiger charge is -2.24. The lowest BCUT2D eigenvalue weighted by atomic mass is 9.95. The van der Waals surface area contributed by atoms with Gasteiger partial charge in [-0.25, -0.2) is 9.79 Å². The van der Waals surface area contributed by atoms with Crippen molar-refractivity contribution in [2.24, 2.45) is 4.99 Å². The number of fused-ring (bicyclic) bond motifs is 3. The molecule has 6 heteroatoms. The molecule has 5 nitrogen and oxygen atoms in total. The zero-order valence-electron chi connectivity index (χ0n) is 21.4. The molecule has 0 spiro atoms. The molecule has 188 valence electrons. The highest BCUT2D eigenvalue weighted by Crippen LogP contribution is 2.32. The molecule has 4 aromatic carbocycles. The third-order valence-corrected chi connectivity index (χ3v) is 7.98. The molecule has 1 aromatic heterocycles. The Hall–Kier alpha value is -4.29. The van der Waals surface area contributed by atoms with Gasteiger partial charge < -0.3 is 4.74 Å². The van der Waals surface area contributed by atoms with E-state index >= 15 is 0 Å². The van der Waals surface area contributed by atoms with E-state index in [2.05, 4.69) is 30.3 Å². The summed E-state index contributed by atoms with van der Waals surface area (Å²) in [6.45, 7) is 5.84. The molecule has 0 saturated carbocycles. The summed E-state index contributed by atoms with van der Waals surface area (Å²) in [6.07, 6.45) is 1.98. The van der Waals surface area contributed by atoms with Gasteiger partial charge in [0, 0.05) is 0 Å². The van der Waals surface area contributed by atoms with Crippen LogP contribution in [0.5, 0.6) is 0 Å². The normalized spacial score (nSPS) is 15.6. The van der Waals surface area contributed by atoms with Crippen LogP contribution in [0.15, 0.2) is 99.9 Å². The molecule has 1 aliphatic rings. The van der Waals surface area contributed by atoms with Crippen LogP contribution < -0.4 is 14.9 Å². The number of thiazole rings is 1. The maximum atomic E-state index is 14.1. The predicted octanol–water partition coefficient (Wildman–Crippen LogP) is 5.41. The third kappa shape index (κ3) is 3.98. The Labute approximate surface area is 223 Å². The second kappa shape index (κ2) is 9.54. The summed E-state index contributed by atoms with van der Waals surface area (Å²) >= 11 is 1.35. The summed E-state index contributed by atoms with van der Waals surface area (Å²) in [4.78, 5) is 32.5. The quantitative estimate of drug-likeness (QED) is 0.236. The molecule has 0 amide bonds. The van der Waals surface area contributed by atoms with Gasteiger partial charge in [-0.1, -0.05) is 89.7 Å². The van der Waals surface area contributed by atoms with Crippen LogP contribution in [0.1, 0.15) is 36.6 Å². The van der Waals surface area contributed by atoms with Crippen LogP contribution in [0.2, 0.25) is 0 Å². The molecule has 0 bridgehead atoms. The van der Waals surface area contributed by atoms with Crippen molar-refractivity contribution in [2.75, 3.05) is 6.61 Å². The Balaban J connectivity index is 1.64. The van der Waals surface area contributed by atoms with Crippen LogP contribution in [-0.2, 0) is 9.53 Å². The van der Waals surface area contributed by atoms with Gasteiger partial charge in [0.1, 0.15) is 0 Å². The van der Waals surface area contributed by atoms with Crippen LogP contribution >= 0.6 is 11.3 Å². The van der Waals surface area contributed by atoms with Crippen molar-refractivity contribution in [3.05, 3.63) is 127 Å². The number of esters is 1. The molecule has 6 rings (SSSR count). The zero-order chi connectivity index (χ0) is 26.4. The molecule has 0 aliphatic carbocycles. The number of rotatable bonds is 4. The van der Waals surface area contributed by atoms with E-state index in [-0.39, 0.29) is 12.2 Å². The van der Waals surface area contributed by atoms with Gasteiger partial charge in [0.15, 0.2) is 4.80 Å². The van der Waals surface area contributed by atoms with E-state index < -0.39 is 12.0 Å². The van der Waals surface area contributed by atoms with E-state index in [1.54, 1.807) is 11.5 Å². The minimum atomic E-state index is -0.614. The topological polar surface area (TPSA) is 60.7 Å². The lowest BCUT2D eigenvalue weighted by molar-refractivity contribution is -0.139. The van der Waals surface area contributed by atoms with Gasteiger partial charge >= 0.3 is 5.97 Å². The molecular formula is C32H26N2O3S. The maximum absolute atomic E-state index is 14.1. The van der Waals surface area contributed by atoms with Crippen LogP contribution in [0.25, 0.3) is 27.6 Å². The fraction of sp³-hybridized carbons (Fsp3) is 0.156. The summed E-state index contributed by atoms with van der Waals surface area (Å²) in [6, 6.07) is 25.9. The average molecular weight is 519 g/mol. The van der Waals surface area contributed by atoms with Gasteiger partial charge in [0.05, 0.1) is 28.5 Å². The molecule has 1 atom stereocenters. The molecular weight excluding hydrogens is 492 g/mol. The number of allylic oxidation sites excluding steroid dienone is 1. The first-order chi connectivity index (χ1) is 18.5. The number of aromatic nitrogens is 1. The van der Waals surface area contributed by atoms with Gasteiger partial charge in [-0.2, -0.15) is 0 Å². The maximum Gasteiger partial charge on any atom is 0.338 e. The van der Waals surface area contributed by atoms with Crippen molar-refractivity contribution < 1.29 is 9.53 Å². The van der Waals surface area contributed by atoms with Crippen molar-refractivity contribution in [3.8, 4) is 0 Å². The number of nitrogens with zero attached hydrogens (tertiary/aromatic N) is 2. The minimum Gasteiger partial charge on any atom is -0.463 e. The van der Waals surface area contributed by atoms with Crippen LogP contribution in [-0.4, -0.2) is 17.1 Å². The van der Waals surface area contributed by atoms with Crippen molar-refractivity contribution in [1.29, 1.82) is 0 Å². The van der Waals surface area contributed by atoms with Crippen LogP contribution in [0, 0.1) is 6.92 Å². The van der Waals surface area contributed by atoms with E-state index in [0.29, 0.717) is 20.6 Å². The first-order valence-corrected chi connectivity index (χ1v) is 13.4. The van der Waals surface area contributed by atoms with Gasteiger partial charge in [-0.15, -0.1) is 0 Å². The minimum absolute atomic E-state index is 0.175. The summed E-state index contributed by atoms with van der Waals surface area (Å²) in [5.74, 6) is -0.450. The standard InChI is InChI=1S/C32H26N2O3S/c1-4-37-31(36)28-20(3)33-32-34(29(28)21-15-13-19(2)14-16-21)30(35)27(38-32)18-26-24-11-7-5-9-22(24)17-23-10-6-8-12-25(23)26/h5-18,29H,4H2,1-3H3/b27-18+. The van der Waals surface area contributed by atoms with Crippen molar-refractivity contribution in [1.82, 2.24) is 4.57 Å². The largest absolute Gasteiger partial charge is 0.463 e. The summed E-state index contributed by atoms with van der Waals surface area (Å²) < 4.78 is 7.62. The number of hydrogen-bond donors (Lipinski definition) is 0. The second-order valence-electron chi connectivity index (χ2n) is 9.45. The summed E-state index contributed by atoms with van der Waals surface area (Å²) in [5, 5.41) is 4.39. The summed E-state index contributed by atoms with van der Waals surface area (Å²) in [7, 11) is 0. The first-order valence-electron chi connectivity index (χ1n) is 12.6. The first kappa shape index (κ1) is 24.1. The van der Waals surface area contributed by atoms with Gasteiger partial charge in [-0.3, -0.25) is 9.36 Å². The SMILES string of the molecule is CCOC(=O)C1=C(C)N=c2s/c(=C/c3c4ccccc4cc4ccccc34)c(=O)n2C1c1ccc(C)cc1. The lowest BCUT2D eigenvalue weighted by Crippen LogP contribution is -2.39. The fourth-order valence-electron chi connectivity index (χ4n) is 5.19. The predicted molar refractivity (Wildman–Crippen MR) is 153 cm³/mol. The number of hydrogen-bond acceptors (Lipinski definition) is 5. The zero-order valence-corrected chi connectivity index (χ0v) is 22.2. The number of ether oxygens (including phenoxy) is 1. The molecule has 0 fully saturated rings. The summed E-state index contributed by atoms with van der Waals surface area (Å²) in [5.41, 5.74) is 3.73. The Morgan fingerprint density at radius 2 is 1.61 bits per heavy atom. The third-order valence-electron chi connectivity index (χ3n) is 7.00. The number of carbonyl (C=O) groups excluding carboxylic acids is 1. The Morgan fingerprint density at radius 3 is 2.24 bits per heavy atom.